The van der Waals surface area contributed by atoms with Gasteiger partial charge in [0.15, 0.2) is 0 Å². The largest absolute Gasteiger partial charge is 0.383 e. The van der Waals surface area contributed by atoms with Gasteiger partial charge in [-0.2, -0.15) is 5.26 Å². The van der Waals surface area contributed by atoms with E-state index in [1.54, 1.807) is 7.11 Å². The van der Waals surface area contributed by atoms with Gasteiger partial charge in [0, 0.05) is 33.0 Å². The Kier molecular flexibility index (Phi) is 10.1. The number of nitrogens with one attached hydrogen (secondary N) is 2. The second-order valence-electron chi connectivity index (χ2n) is 3.10. The number of nitriles is 1. The van der Waals surface area contributed by atoms with Crippen molar-refractivity contribution in [2.24, 2.45) is 0 Å². The molecule has 86 valence electrons. The molecule has 0 spiro atoms. The van der Waals surface area contributed by atoms with Gasteiger partial charge in [-0.25, -0.2) is 0 Å². The predicted octanol–water partition coefficient (Wildman–Crippen LogP) is 0.0325. The first-order valence-corrected chi connectivity index (χ1v) is 5.14. The zero-order valence-electron chi connectivity index (χ0n) is 9.21. The highest BCUT2D eigenvalue weighted by molar-refractivity contribution is 5.75. The molecule has 5 heteroatoms. The van der Waals surface area contributed by atoms with Crippen LogP contribution < -0.4 is 10.6 Å². The van der Waals surface area contributed by atoms with Crippen LogP contribution in [0.2, 0.25) is 0 Å². The first-order chi connectivity index (χ1) is 7.31. The van der Waals surface area contributed by atoms with Gasteiger partial charge in [-0.1, -0.05) is 0 Å². The predicted molar refractivity (Wildman–Crippen MR) is 57.2 cm³/mol. The Hall–Kier alpha value is -1.12. The van der Waals surface area contributed by atoms with E-state index in [0.29, 0.717) is 32.5 Å². The number of unbranched alkanes of at least 4 members (excludes halogenated alkanes) is 1. The molecule has 0 aromatic carbocycles. The van der Waals surface area contributed by atoms with Crippen LogP contribution in [0.4, 0.5) is 0 Å². The SMILES string of the molecule is COCCNC(=O)CCNCCCC#N. The van der Waals surface area contributed by atoms with Gasteiger partial charge in [-0.05, 0) is 13.0 Å². The fraction of sp³-hybridized carbons (Fsp3) is 0.800. The van der Waals surface area contributed by atoms with Crippen molar-refractivity contribution < 1.29 is 9.53 Å². The summed E-state index contributed by atoms with van der Waals surface area (Å²) in [6.45, 7) is 2.55. The average molecular weight is 213 g/mol. The van der Waals surface area contributed by atoms with Crippen LogP contribution >= 0.6 is 0 Å². The molecule has 0 radical (unpaired) electrons. The van der Waals surface area contributed by atoms with Gasteiger partial charge in [0.2, 0.25) is 5.91 Å². The van der Waals surface area contributed by atoms with Crippen molar-refractivity contribution >= 4 is 5.91 Å². The minimum absolute atomic E-state index is 0.0276. The molecule has 15 heavy (non-hydrogen) atoms. The van der Waals surface area contributed by atoms with E-state index in [1.807, 2.05) is 0 Å². The Morgan fingerprint density at radius 2 is 2.20 bits per heavy atom. The van der Waals surface area contributed by atoms with E-state index in [0.717, 1.165) is 13.0 Å². The second kappa shape index (κ2) is 11.0. The van der Waals surface area contributed by atoms with Crippen LogP contribution in [-0.2, 0) is 9.53 Å². The van der Waals surface area contributed by atoms with Crippen LogP contribution in [-0.4, -0.2) is 39.3 Å². The quantitative estimate of drug-likeness (QED) is 0.530. The number of ether oxygens (including phenoxy) is 1. The highest BCUT2D eigenvalue weighted by Crippen LogP contribution is 1.83. The first-order valence-electron chi connectivity index (χ1n) is 5.14. The van der Waals surface area contributed by atoms with Gasteiger partial charge < -0.3 is 15.4 Å². The molecule has 5 nitrogen and oxygen atoms in total. The molecule has 0 aromatic rings. The number of carbonyl (C=O) groups is 1. The minimum Gasteiger partial charge on any atom is -0.383 e. The van der Waals surface area contributed by atoms with Crippen molar-refractivity contribution in [1.29, 1.82) is 5.26 Å². The summed E-state index contributed by atoms with van der Waals surface area (Å²) in [4.78, 5) is 11.1. The van der Waals surface area contributed by atoms with Crippen molar-refractivity contribution in [3.63, 3.8) is 0 Å². The van der Waals surface area contributed by atoms with E-state index in [4.69, 9.17) is 10.00 Å². The number of carbonyl (C=O) groups excluding carboxylic acids is 1. The fourth-order valence-electron chi connectivity index (χ4n) is 1.00. The standard InChI is InChI=1S/C10H19N3O2/c1-15-9-8-13-10(14)4-7-12-6-3-2-5-11/h12H,2-4,6-9H2,1H3,(H,13,14). The van der Waals surface area contributed by atoms with Crippen LogP contribution in [0.25, 0.3) is 0 Å². The molecule has 0 rings (SSSR count). The number of hydrogen-bond acceptors (Lipinski definition) is 4. The number of hydrogen-bond donors (Lipinski definition) is 2. The van der Waals surface area contributed by atoms with Crippen LogP contribution in [0.1, 0.15) is 19.3 Å². The molecular formula is C10H19N3O2. The molecule has 0 fully saturated rings. The molecule has 0 aliphatic carbocycles. The Bertz CT molecular complexity index is 201. The van der Waals surface area contributed by atoms with Gasteiger partial charge in [-0.15, -0.1) is 0 Å². The van der Waals surface area contributed by atoms with Gasteiger partial charge in [-0.3, -0.25) is 4.79 Å². The summed E-state index contributed by atoms with van der Waals surface area (Å²) in [7, 11) is 1.60. The maximum absolute atomic E-state index is 11.1. The summed E-state index contributed by atoms with van der Waals surface area (Å²) in [6.07, 6.45) is 1.87. The maximum Gasteiger partial charge on any atom is 0.221 e. The van der Waals surface area contributed by atoms with Crippen LogP contribution in [0.5, 0.6) is 0 Å². The lowest BCUT2D eigenvalue weighted by molar-refractivity contribution is -0.121. The van der Waals surface area contributed by atoms with Gasteiger partial charge in [0.25, 0.3) is 0 Å². The molecule has 0 aliphatic rings. The monoisotopic (exact) mass is 213 g/mol. The van der Waals surface area contributed by atoms with Gasteiger partial charge in [0.05, 0.1) is 12.7 Å². The summed E-state index contributed by atoms with van der Waals surface area (Å²) in [5.41, 5.74) is 0. The maximum atomic E-state index is 11.1. The second-order valence-corrected chi connectivity index (χ2v) is 3.10. The molecule has 0 unspecified atom stereocenters. The topological polar surface area (TPSA) is 74.2 Å². The van der Waals surface area contributed by atoms with E-state index in [1.165, 1.54) is 0 Å². The van der Waals surface area contributed by atoms with E-state index in [9.17, 15) is 4.79 Å². The lowest BCUT2D eigenvalue weighted by Crippen LogP contribution is -2.30. The Balaban J connectivity index is 3.14. The van der Waals surface area contributed by atoms with Crippen LogP contribution in [0.3, 0.4) is 0 Å². The highest BCUT2D eigenvalue weighted by atomic mass is 16.5. The average Bonchev–Trinajstić information content (AvgIpc) is 2.23. The fourth-order valence-corrected chi connectivity index (χ4v) is 1.00. The lowest BCUT2D eigenvalue weighted by atomic mass is 10.3. The third-order valence-corrected chi connectivity index (χ3v) is 1.80. The first kappa shape index (κ1) is 13.9. The highest BCUT2D eigenvalue weighted by Gasteiger charge is 1.98. The summed E-state index contributed by atoms with van der Waals surface area (Å²) >= 11 is 0. The Morgan fingerprint density at radius 1 is 1.40 bits per heavy atom. The molecule has 0 saturated carbocycles. The van der Waals surface area contributed by atoms with Crippen molar-refractivity contribution in [3.05, 3.63) is 0 Å². The molecule has 0 aliphatic heterocycles. The molecule has 0 saturated heterocycles. The van der Waals surface area contributed by atoms with Crippen LogP contribution in [0, 0.1) is 11.3 Å². The molecule has 2 N–H and O–H groups in total. The number of nitrogens with zero attached hydrogens (tertiary/aromatic N) is 1. The van der Waals surface area contributed by atoms with E-state index < -0.39 is 0 Å². The van der Waals surface area contributed by atoms with E-state index in [-0.39, 0.29) is 5.91 Å². The minimum atomic E-state index is 0.0276. The normalized spacial score (nSPS) is 9.60. The third-order valence-electron chi connectivity index (χ3n) is 1.80. The smallest absolute Gasteiger partial charge is 0.221 e. The van der Waals surface area contributed by atoms with Gasteiger partial charge in [0.1, 0.15) is 0 Å². The molecular weight excluding hydrogens is 194 g/mol. The molecule has 0 aromatic heterocycles. The van der Waals surface area contributed by atoms with Crippen molar-refractivity contribution in [2.45, 2.75) is 19.3 Å². The zero-order chi connectivity index (χ0) is 11.4. The zero-order valence-corrected chi connectivity index (χ0v) is 9.21. The third kappa shape index (κ3) is 10.8. The number of methoxy groups -OCH3 is 1. The summed E-state index contributed by atoms with van der Waals surface area (Å²) in [5, 5.41) is 14.1. The lowest BCUT2D eigenvalue weighted by Gasteiger charge is -2.05. The van der Waals surface area contributed by atoms with Gasteiger partial charge >= 0.3 is 0 Å². The Labute approximate surface area is 90.8 Å². The molecule has 0 heterocycles. The van der Waals surface area contributed by atoms with Crippen molar-refractivity contribution in [1.82, 2.24) is 10.6 Å². The number of amides is 1. The number of rotatable bonds is 9. The molecule has 0 bridgehead atoms. The summed E-state index contributed by atoms with van der Waals surface area (Å²) in [6, 6.07) is 2.07. The van der Waals surface area contributed by atoms with Crippen molar-refractivity contribution in [3.8, 4) is 6.07 Å². The van der Waals surface area contributed by atoms with E-state index >= 15 is 0 Å². The van der Waals surface area contributed by atoms with Crippen LogP contribution in [0.15, 0.2) is 0 Å². The van der Waals surface area contributed by atoms with E-state index in [2.05, 4.69) is 16.7 Å². The molecule has 1 amide bonds. The van der Waals surface area contributed by atoms with Crippen molar-refractivity contribution in [2.75, 3.05) is 33.4 Å². The summed E-state index contributed by atoms with van der Waals surface area (Å²) < 4.78 is 4.80. The molecule has 0 atom stereocenters. The Morgan fingerprint density at radius 3 is 2.87 bits per heavy atom. The summed E-state index contributed by atoms with van der Waals surface area (Å²) in [5.74, 6) is 0.0276.